The number of fused-ring (bicyclic) bond motifs is 2. The first kappa shape index (κ1) is 31.3. The molecule has 1 saturated heterocycles. The third-order valence-corrected chi connectivity index (χ3v) is 8.81. The Morgan fingerprint density at radius 2 is 1.68 bits per heavy atom. The van der Waals surface area contributed by atoms with Crippen molar-refractivity contribution >= 4 is 52.7 Å². The van der Waals surface area contributed by atoms with E-state index in [4.69, 9.17) is 9.79 Å². The average Bonchev–Trinajstić information content (AvgIpc) is 3.61. The number of likely N-dealkylation sites (tertiary alicyclic amines) is 1. The van der Waals surface area contributed by atoms with E-state index >= 15 is 0 Å². The quantitative estimate of drug-likeness (QED) is 0.175. The maximum atomic E-state index is 14.2. The summed E-state index contributed by atoms with van der Waals surface area (Å²) < 4.78 is 39.8. The highest BCUT2D eigenvalue weighted by atomic mass is 31.2. The molecule has 5 N–H and O–H groups in total. The fraction of sp³-hybridized carbons (Fsp3) is 0.323. The number of alkyl halides is 2. The molecule has 0 aliphatic carbocycles. The van der Waals surface area contributed by atoms with E-state index in [9.17, 15) is 27.7 Å². The minimum atomic E-state index is -5.78. The molecule has 44 heavy (non-hydrogen) atoms. The van der Waals surface area contributed by atoms with Gasteiger partial charge >= 0.3 is 13.3 Å². The predicted octanol–water partition coefficient (Wildman–Crippen LogP) is 5.32. The largest absolute Gasteiger partial charge is 0.399 e. The lowest BCUT2D eigenvalue weighted by Crippen LogP contribution is -2.57. The van der Waals surface area contributed by atoms with Gasteiger partial charge in [-0.05, 0) is 59.4 Å². The molecule has 5 rings (SSSR count). The summed E-state index contributed by atoms with van der Waals surface area (Å²) in [5.41, 5.74) is -5.21. The Morgan fingerprint density at radius 3 is 2.36 bits per heavy atom. The number of rotatable bonds is 7. The van der Waals surface area contributed by atoms with E-state index in [1.165, 1.54) is 17.0 Å². The number of carbonyl (C=O) groups is 3. The van der Waals surface area contributed by atoms with Crippen molar-refractivity contribution in [2.75, 3.05) is 11.9 Å². The SMILES string of the molecule is CC(C)(C)C(NC(=O)c1cc2cc(C(F)(F)P(=O)(O)O)ccc2[nH]1)C(=O)N1CCC[C@H]1C(=O)Nc1ccc2ccccc2c1. The highest BCUT2D eigenvalue weighted by molar-refractivity contribution is 7.52. The summed E-state index contributed by atoms with van der Waals surface area (Å²) >= 11 is 0. The molecule has 0 radical (unpaired) electrons. The van der Waals surface area contributed by atoms with E-state index in [-0.39, 0.29) is 22.5 Å². The highest BCUT2D eigenvalue weighted by Gasteiger charge is 2.50. The number of benzene rings is 3. The Morgan fingerprint density at radius 1 is 0.977 bits per heavy atom. The first-order valence-electron chi connectivity index (χ1n) is 14.0. The molecule has 1 aliphatic rings. The number of nitrogens with one attached hydrogen (secondary N) is 3. The van der Waals surface area contributed by atoms with Gasteiger partial charge in [0.15, 0.2) is 0 Å². The van der Waals surface area contributed by atoms with Gasteiger partial charge in [-0.2, -0.15) is 8.78 Å². The van der Waals surface area contributed by atoms with E-state index in [1.807, 2.05) is 36.4 Å². The van der Waals surface area contributed by atoms with Crippen molar-refractivity contribution in [3.8, 4) is 0 Å². The standard InChI is InChI=1S/C31H33F2N4O6P/c1-30(2,3)26(36-27(38)24-17-20-15-21(11-13-23(20)35-24)31(32,33)44(41,42)43)29(40)37-14-6-9-25(37)28(39)34-22-12-10-18-7-4-5-8-19(18)16-22/h4-5,7-8,10-13,15-17,25-26,35H,6,9,14H2,1-3H3,(H,34,39)(H,36,38)(H2,41,42,43)/t25-,26?/m0/s1. The fourth-order valence-corrected chi connectivity index (χ4v) is 5.90. The van der Waals surface area contributed by atoms with E-state index in [0.29, 0.717) is 25.1 Å². The molecule has 0 bridgehead atoms. The van der Waals surface area contributed by atoms with Crippen LogP contribution in [0.2, 0.25) is 0 Å². The second-order valence-electron chi connectivity index (χ2n) is 12.1. The molecule has 1 unspecified atom stereocenters. The summed E-state index contributed by atoms with van der Waals surface area (Å²) in [6.45, 7) is 5.66. The van der Waals surface area contributed by atoms with Gasteiger partial charge in [-0.25, -0.2) is 0 Å². The molecular formula is C31H33F2N4O6P. The molecule has 2 heterocycles. The number of halogens is 2. The second kappa shape index (κ2) is 11.4. The smallest absolute Gasteiger partial charge is 0.351 e. The topological polar surface area (TPSA) is 152 Å². The van der Waals surface area contributed by atoms with Crippen molar-refractivity contribution < 1.29 is 37.5 Å². The van der Waals surface area contributed by atoms with Gasteiger partial charge in [0.25, 0.3) is 5.91 Å². The third-order valence-electron chi connectivity index (χ3n) is 7.82. The molecule has 1 aliphatic heterocycles. The first-order valence-corrected chi connectivity index (χ1v) is 15.7. The van der Waals surface area contributed by atoms with Crippen molar-refractivity contribution in [2.45, 2.75) is 51.4 Å². The van der Waals surface area contributed by atoms with E-state index in [1.54, 1.807) is 26.8 Å². The van der Waals surface area contributed by atoms with Crippen LogP contribution in [0.15, 0.2) is 66.7 Å². The lowest BCUT2D eigenvalue weighted by atomic mass is 9.85. The summed E-state index contributed by atoms with van der Waals surface area (Å²) in [5, 5.41) is 7.78. The highest BCUT2D eigenvalue weighted by Crippen LogP contribution is 2.59. The van der Waals surface area contributed by atoms with Gasteiger partial charge in [-0.1, -0.05) is 57.2 Å². The number of nitrogens with zero attached hydrogens (tertiary/aromatic N) is 1. The van der Waals surface area contributed by atoms with Crippen LogP contribution in [0.25, 0.3) is 21.7 Å². The van der Waals surface area contributed by atoms with E-state index in [0.717, 1.165) is 22.9 Å². The summed E-state index contributed by atoms with van der Waals surface area (Å²) in [6.07, 6.45) is 1.06. The Balaban J connectivity index is 1.34. The minimum absolute atomic E-state index is 0.0364. The molecule has 1 fully saturated rings. The lowest BCUT2D eigenvalue weighted by molar-refractivity contribution is -0.140. The van der Waals surface area contributed by atoms with Crippen LogP contribution >= 0.6 is 7.60 Å². The van der Waals surface area contributed by atoms with Gasteiger partial charge < -0.3 is 30.3 Å². The van der Waals surface area contributed by atoms with Crippen LogP contribution in [0.4, 0.5) is 14.5 Å². The average molecular weight is 627 g/mol. The van der Waals surface area contributed by atoms with E-state index < -0.39 is 48.1 Å². The van der Waals surface area contributed by atoms with Crippen molar-refractivity contribution in [1.29, 1.82) is 0 Å². The molecule has 4 aromatic rings. The van der Waals surface area contributed by atoms with Crippen LogP contribution in [0.1, 0.15) is 49.7 Å². The number of hydrogen-bond acceptors (Lipinski definition) is 4. The second-order valence-corrected chi connectivity index (χ2v) is 13.7. The normalized spacial score (nSPS) is 16.7. The molecule has 232 valence electrons. The number of aromatic nitrogens is 1. The van der Waals surface area contributed by atoms with Gasteiger partial charge in [-0.3, -0.25) is 18.9 Å². The number of amides is 3. The number of hydrogen-bond donors (Lipinski definition) is 5. The zero-order chi connectivity index (χ0) is 32.0. The number of H-pyrrole nitrogens is 1. The summed E-state index contributed by atoms with van der Waals surface area (Å²) in [4.78, 5) is 63.0. The van der Waals surface area contributed by atoms with Crippen molar-refractivity contribution in [1.82, 2.24) is 15.2 Å². The molecule has 0 saturated carbocycles. The Kier molecular flexibility index (Phi) is 8.13. The molecular weight excluding hydrogens is 593 g/mol. The van der Waals surface area contributed by atoms with Crippen molar-refractivity contribution in [2.24, 2.45) is 5.41 Å². The third kappa shape index (κ3) is 6.10. The van der Waals surface area contributed by atoms with Crippen molar-refractivity contribution in [3.63, 3.8) is 0 Å². The van der Waals surface area contributed by atoms with Crippen LogP contribution in [0, 0.1) is 5.41 Å². The van der Waals surface area contributed by atoms with Crippen LogP contribution in [0.5, 0.6) is 0 Å². The van der Waals surface area contributed by atoms with Crippen LogP contribution in [-0.4, -0.2) is 56.0 Å². The van der Waals surface area contributed by atoms with Crippen LogP contribution in [-0.2, 0) is 19.8 Å². The molecule has 3 amide bonds. The Labute approximate surface area is 252 Å². The van der Waals surface area contributed by atoms with Gasteiger partial charge in [0.05, 0.1) is 0 Å². The van der Waals surface area contributed by atoms with Gasteiger partial charge in [0, 0.05) is 28.7 Å². The molecule has 3 aromatic carbocycles. The molecule has 2 atom stereocenters. The molecule has 10 nitrogen and oxygen atoms in total. The predicted molar refractivity (Wildman–Crippen MR) is 162 cm³/mol. The molecule has 13 heteroatoms. The zero-order valence-corrected chi connectivity index (χ0v) is 25.2. The summed E-state index contributed by atoms with van der Waals surface area (Å²) in [7, 11) is -5.78. The van der Waals surface area contributed by atoms with Crippen molar-refractivity contribution in [3.05, 3.63) is 78.0 Å². The number of aromatic amines is 1. The fourth-order valence-electron chi connectivity index (χ4n) is 5.43. The Bertz CT molecular complexity index is 1810. The Hall–Kier alpha value is -4.12. The zero-order valence-electron chi connectivity index (χ0n) is 24.3. The number of anilines is 1. The lowest BCUT2D eigenvalue weighted by Gasteiger charge is -2.35. The van der Waals surface area contributed by atoms with Gasteiger partial charge in [0.2, 0.25) is 11.8 Å². The van der Waals surface area contributed by atoms with Crippen LogP contribution < -0.4 is 10.6 Å². The van der Waals surface area contributed by atoms with Crippen LogP contribution in [0.3, 0.4) is 0 Å². The number of carbonyl (C=O) groups excluding carboxylic acids is 3. The van der Waals surface area contributed by atoms with Gasteiger partial charge in [0.1, 0.15) is 17.8 Å². The minimum Gasteiger partial charge on any atom is -0.351 e. The monoisotopic (exact) mass is 626 g/mol. The van der Waals surface area contributed by atoms with E-state index in [2.05, 4.69) is 15.6 Å². The molecule has 0 spiro atoms. The summed E-state index contributed by atoms with van der Waals surface area (Å²) in [5.74, 6) is -1.44. The summed E-state index contributed by atoms with van der Waals surface area (Å²) in [6, 6.07) is 15.8. The first-order chi connectivity index (χ1) is 20.6. The van der Waals surface area contributed by atoms with Gasteiger partial charge in [-0.15, -0.1) is 0 Å². The maximum Gasteiger partial charge on any atom is 0.399 e. The maximum absolute atomic E-state index is 14.2. The molecule has 1 aromatic heterocycles.